The van der Waals surface area contributed by atoms with Crippen LogP contribution in [0.15, 0.2) is 0 Å². The summed E-state index contributed by atoms with van der Waals surface area (Å²) in [6, 6.07) is 0. The third-order valence-corrected chi connectivity index (χ3v) is 3.08. The first-order chi connectivity index (χ1) is 11.9. The summed E-state index contributed by atoms with van der Waals surface area (Å²) < 4.78 is 15.0. The van der Waals surface area contributed by atoms with Crippen LogP contribution in [0.1, 0.15) is 6.42 Å². The molecule has 0 aromatic carbocycles. The van der Waals surface area contributed by atoms with Gasteiger partial charge in [0.2, 0.25) is 0 Å². The molecule has 0 spiro atoms. The maximum atomic E-state index is 11.8. The molecule has 0 atom stereocenters. The van der Waals surface area contributed by atoms with E-state index in [9.17, 15) is 19.2 Å². The van der Waals surface area contributed by atoms with Crippen molar-refractivity contribution in [2.45, 2.75) is 6.42 Å². The van der Waals surface area contributed by atoms with Crippen molar-refractivity contribution in [2.24, 2.45) is 0 Å². The van der Waals surface area contributed by atoms with Gasteiger partial charge < -0.3 is 24.4 Å². The number of carboxylic acids is 2. The Morgan fingerprint density at radius 2 is 1.44 bits per heavy atom. The average molecular weight is 362 g/mol. The van der Waals surface area contributed by atoms with Gasteiger partial charge in [0.1, 0.15) is 13.2 Å². The molecule has 11 heteroatoms. The van der Waals surface area contributed by atoms with Crippen LogP contribution in [0, 0.1) is 0 Å². The number of carboxylic acid groups (broad SMARTS) is 2. The van der Waals surface area contributed by atoms with Crippen LogP contribution in [0.2, 0.25) is 0 Å². The molecule has 1 rings (SSSR count). The minimum absolute atomic E-state index is 0.0213. The number of aliphatic carboxylic acids is 2. The van der Waals surface area contributed by atoms with Crippen molar-refractivity contribution in [3.05, 3.63) is 0 Å². The number of hydrogen-bond acceptors (Lipinski definition) is 9. The number of esters is 2. The molecule has 142 valence electrons. The predicted molar refractivity (Wildman–Crippen MR) is 80.6 cm³/mol. The van der Waals surface area contributed by atoms with E-state index in [1.165, 1.54) is 9.80 Å². The van der Waals surface area contributed by atoms with Gasteiger partial charge in [-0.2, -0.15) is 0 Å². The second-order valence-electron chi connectivity index (χ2n) is 5.27. The largest absolute Gasteiger partial charge is 0.480 e. The normalized spacial score (nSPS) is 20.0. The van der Waals surface area contributed by atoms with Gasteiger partial charge in [0.15, 0.2) is 0 Å². The average Bonchev–Trinajstić information content (AvgIpc) is 2.50. The number of cyclic esters (lactones) is 2. The number of nitrogens with zero attached hydrogens (tertiary/aromatic N) is 2. The van der Waals surface area contributed by atoms with Gasteiger partial charge in [-0.1, -0.05) is 0 Å². The number of carbonyl (C=O) groups is 4. The summed E-state index contributed by atoms with van der Waals surface area (Å²) >= 11 is 0. The van der Waals surface area contributed by atoms with Gasteiger partial charge in [-0.05, 0) is 0 Å². The van der Waals surface area contributed by atoms with Crippen molar-refractivity contribution < 1.29 is 43.6 Å². The SMILES string of the molecule is O=C(O)CN1CCC(=O)OCCOCCOC(=O)CN(CC(=O)O)C1. The molecule has 0 aromatic heterocycles. The standard InChI is InChI=1S/C14H22N2O9/c17-11(18)7-15-2-1-13(21)24-5-3-23-4-6-25-14(22)9-16(10-15)8-12(19)20/h1-10H2,(H,17,18)(H,19,20). The fourth-order valence-electron chi connectivity index (χ4n) is 2.10. The molecular formula is C14H22N2O9. The molecule has 0 saturated carbocycles. The molecule has 0 bridgehead atoms. The Balaban J connectivity index is 2.79. The first-order valence-corrected chi connectivity index (χ1v) is 7.64. The van der Waals surface area contributed by atoms with Crippen molar-refractivity contribution in [1.29, 1.82) is 0 Å². The topological polar surface area (TPSA) is 143 Å². The third-order valence-electron chi connectivity index (χ3n) is 3.08. The minimum atomic E-state index is -1.18. The number of hydrogen-bond donors (Lipinski definition) is 2. The summed E-state index contributed by atoms with van der Waals surface area (Å²) in [7, 11) is 0. The Morgan fingerprint density at radius 3 is 2.04 bits per heavy atom. The lowest BCUT2D eigenvalue weighted by atomic mass is 10.3. The second kappa shape index (κ2) is 11.3. The third kappa shape index (κ3) is 10.3. The van der Waals surface area contributed by atoms with Crippen LogP contribution in [0.3, 0.4) is 0 Å². The fraction of sp³-hybridized carbons (Fsp3) is 0.714. The Bertz CT molecular complexity index is 483. The zero-order valence-corrected chi connectivity index (χ0v) is 13.7. The molecule has 0 aromatic rings. The molecule has 2 N–H and O–H groups in total. The van der Waals surface area contributed by atoms with Crippen LogP contribution in [0.25, 0.3) is 0 Å². The monoisotopic (exact) mass is 362 g/mol. The van der Waals surface area contributed by atoms with Crippen LogP contribution in [-0.4, -0.2) is 103 Å². The van der Waals surface area contributed by atoms with E-state index in [4.69, 9.17) is 24.4 Å². The van der Waals surface area contributed by atoms with Crippen LogP contribution in [-0.2, 0) is 33.4 Å². The van der Waals surface area contributed by atoms with E-state index in [2.05, 4.69) is 0 Å². The zero-order chi connectivity index (χ0) is 18.7. The maximum Gasteiger partial charge on any atom is 0.320 e. The molecule has 0 amide bonds. The summed E-state index contributed by atoms with van der Waals surface area (Å²) in [5, 5.41) is 17.9. The summed E-state index contributed by atoms with van der Waals surface area (Å²) in [5.41, 5.74) is 0. The first-order valence-electron chi connectivity index (χ1n) is 7.64. The minimum Gasteiger partial charge on any atom is -0.480 e. The Hall–Kier alpha value is -2.24. The van der Waals surface area contributed by atoms with E-state index in [0.29, 0.717) is 0 Å². The van der Waals surface area contributed by atoms with Gasteiger partial charge in [-0.15, -0.1) is 0 Å². The van der Waals surface area contributed by atoms with Crippen molar-refractivity contribution in [2.75, 3.05) is 59.3 Å². The summed E-state index contributed by atoms with van der Waals surface area (Å²) in [6.45, 7) is -1.03. The summed E-state index contributed by atoms with van der Waals surface area (Å²) in [4.78, 5) is 47.9. The highest BCUT2D eigenvalue weighted by molar-refractivity contribution is 5.74. The molecular weight excluding hydrogens is 340 g/mol. The van der Waals surface area contributed by atoms with Gasteiger partial charge in [-0.3, -0.25) is 29.0 Å². The van der Waals surface area contributed by atoms with E-state index >= 15 is 0 Å². The molecule has 11 nitrogen and oxygen atoms in total. The first kappa shape index (κ1) is 20.8. The molecule has 1 heterocycles. The van der Waals surface area contributed by atoms with Crippen molar-refractivity contribution in [3.63, 3.8) is 0 Å². The lowest BCUT2D eigenvalue weighted by molar-refractivity contribution is -0.149. The van der Waals surface area contributed by atoms with Gasteiger partial charge in [0, 0.05) is 6.54 Å². The Kier molecular flexibility index (Phi) is 9.43. The Morgan fingerprint density at radius 1 is 0.880 bits per heavy atom. The molecule has 1 saturated heterocycles. The quantitative estimate of drug-likeness (QED) is 0.548. The molecule has 0 aliphatic carbocycles. The molecule has 1 fully saturated rings. The number of carbonyl (C=O) groups excluding carboxylic acids is 2. The molecule has 1 aliphatic heterocycles. The van der Waals surface area contributed by atoms with E-state index in [0.717, 1.165) is 0 Å². The Labute approximate surface area is 144 Å². The van der Waals surface area contributed by atoms with Crippen LogP contribution >= 0.6 is 0 Å². The molecule has 25 heavy (non-hydrogen) atoms. The van der Waals surface area contributed by atoms with Crippen LogP contribution in [0.4, 0.5) is 0 Å². The van der Waals surface area contributed by atoms with E-state index < -0.39 is 37.0 Å². The van der Waals surface area contributed by atoms with Gasteiger partial charge in [0.25, 0.3) is 0 Å². The highest BCUT2D eigenvalue weighted by Crippen LogP contribution is 2.00. The van der Waals surface area contributed by atoms with E-state index in [1.54, 1.807) is 0 Å². The second-order valence-corrected chi connectivity index (χ2v) is 5.27. The van der Waals surface area contributed by atoms with Crippen LogP contribution in [0.5, 0.6) is 0 Å². The molecule has 1 aliphatic rings. The lowest BCUT2D eigenvalue weighted by Crippen LogP contribution is -2.45. The predicted octanol–water partition coefficient (Wildman–Crippen LogP) is -1.78. The highest BCUT2D eigenvalue weighted by atomic mass is 16.6. The summed E-state index contributed by atoms with van der Waals surface area (Å²) in [6.07, 6.45) is -0.0708. The van der Waals surface area contributed by atoms with Gasteiger partial charge in [0.05, 0.1) is 45.9 Å². The molecule has 0 unspecified atom stereocenters. The zero-order valence-electron chi connectivity index (χ0n) is 13.7. The summed E-state index contributed by atoms with van der Waals surface area (Å²) in [5.74, 6) is -3.49. The van der Waals surface area contributed by atoms with E-state index in [-0.39, 0.29) is 52.6 Å². The van der Waals surface area contributed by atoms with Crippen molar-refractivity contribution >= 4 is 23.9 Å². The molecule has 0 radical (unpaired) electrons. The van der Waals surface area contributed by atoms with Gasteiger partial charge >= 0.3 is 23.9 Å². The smallest absolute Gasteiger partial charge is 0.320 e. The number of rotatable bonds is 4. The fourth-order valence-corrected chi connectivity index (χ4v) is 2.10. The maximum absolute atomic E-state index is 11.8. The lowest BCUT2D eigenvalue weighted by Gasteiger charge is -2.27. The number of ether oxygens (including phenoxy) is 3. The van der Waals surface area contributed by atoms with Crippen molar-refractivity contribution in [1.82, 2.24) is 9.80 Å². The van der Waals surface area contributed by atoms with Crippen molar-refractivity contribution in [3.8, 4) is 0 Å². The highest BCUT2D eigenvalue weighted by Gasteiger charge is 2.21. The van der Waals surface area contributed by atoms with Crippen LogP contribution < -0.4 is 0 Å². The van der Waals surface area contributed by atoms with E-state index in [1.807, 2.05) is 0 Å². The van der Waals surface area contributed by atoms with Gasteiger partial charge in [-0.25, -0.2) is 0 Å².